The van der Waals surface area contributed by atoms with Crippen LogP contribution in [0.3, 0.4) is 0 Å². The summed E-state index contributed by atoms with van der Waals surface area (Å²) in [5, 5.41) is 0. The van der Waals surface area contributed by atoms with E-state index in [4.69, 9.17) is 5.73 Å². The van der Waals surface area contributed by atoms with Gasteiger partial charge in [-0.15, -0.1) is 0 Å². The third-order valence-corrected chi connectivity index (χ3v) is 3.29. The Balaban J connectivity index is 2.58. The molecule has 0 saturated heterocycles. The lowest BCUT2D eigenvalue weighted by Gasteiger charge is -2.50. The lowest BCUT2D eigenvalue weighted by molar-refractivity contribution is -0.176. The first-order valence-corrected chi connectivity index (χ1v) is 4.54. The lowest BCUT2D eigenvalue weighted by Crippen LogP contribution is -2.53. The maximum Gasteiger partial charge on any atom is 0.249 e. The first kappa shape index (κ1) is 9.90. The predicted molar refractivity (Wildman–Crippen MR) is 45.1 cm³/mol. The molecule has 1 rings (SSSR count). The predicted octanol–water partition coefficient (Wildman–Crippen LogP) is 2.41. The highest BCUT2D eigenvalue weighted by Crippen LogP contribution is 2.56. The summed E-state index contributed by atoms with van der Waals surface area (Å²) in [5.74, 6) is -2.12. The quantitative estimate of drug-likeness (QED) is 0.703. The molecule has 0 radical (unpaired) electrons. The van der Waals surface area contributed by atoms with Gasteiger partial charge in [-0.2, -0.15) is 0 Å². The number of hydrogen-bond donors (Lipinski definition) is 1. The van der Waals surface area contributed by atoms with Crippen molar-refractivity contribution in [1.29, 1.82) is 0 Å². The van der Waals surface area contributed by atoms with Crippen LogP contribution in [-0.2, 0) is 0 Å². The molecule has 0 aromatic rings. The third-order valence-electron chi connectivity index (χ3n) is 3.29. The van der Waals surface area contributed by atoms with Crippen molar-refractivity contribution in [2.75, 3.05) is 6.54 Å². The van der Waals surface area contributed by atoms with Crippen LogP contribution in [0.15, 0.2) is 0 Å². The van der Waals surface area contributed by atoms with Crippen molar-refractivity contribution in [2.24, 2.45) is 17.1 Å². The van der Waals surface area contributed by atoms with Gasteiger partial charge in [-0.3, -0.25) is 0 Å². The smallest absolute Gasteiger partial charge is 0.249 e. The van der Waals surface area contributed by atoms with Crippen molar-refractivity contribution in [3.05, 3.63) is 0 Å². The summed E-state index contributed by atoms with van der Waals surface area (Å²) in [7, 11) is 0. The largest absolute Gasteiger partial charge is 0.330 e. The van der Waals surface area contributed by atoms with Crippen LogP contribution in [-0.4, -0.2) is 12.5 Å². The average Bonchev–Trinajstić information content (AvgIpc) is 1.97. The summed E-state index contributed by atoms with van der Waals surface area (Å²) in [5.41, 5.74) is 5.27. The molecule has 12 heavy (non-hydrogen) atoms. The standard InChI is InChI=1S/C9H17F2N/c1-3-7(2)8(6-12)4-9(10,11)5-8/h7H,3-6,12H2,1-2H3. The van der Waals surface area contributed by atoms with Gasteiger partial charge >= 0.3 is 0 Å². The molecule has 2 N–H and O–H groups in total. The summed E-state index contributed by atoms with van der Waals surface area (Å²) in [4.78, 5) is 0. The van der Waals surface area contributed by atoms with E-state index in [9.17, 15) is 8.78 Å². The maximum atomic E-state index is 12.7. The lowest BCUT2D eigenvalue weighted by atomic mass is 9.59. The zero-order chi connectivity index (χ0) is 9.41. The molecule has 1 unspecified atom stereocenters. The maximum absolute atomic E-state index is 12.7. The minimum atomic E-state index is -2.44. The van der Waals surface area contributed by atoms with Crippen molar-refractivity contribution in [3.8, 4) is 0 Å². The van der Waals surface area contributed by atoms with Gasteiger partial charge in [-0.1, -0.05) is 20.3 Å². The molecule has 0 aromatic carbocycles. The van der Waals surface area contributed by atoms with E-state index in [0.717, 1.165) is 6.42 Å². The van der Waals surface area contributed by atoms with Crippen molar-refractivity contribution in [3.63, 3.8) is 0 Å². The van der Waals surface area contributed by atoms with Gasteiger partial charge in [0, 0.05) is 12.8 Å². The van der Waals surface area contributed by atoms with Crippen LogP contribution in [0.1, 0.15) is 33.1 Å². The van der Waals surface area contributed by atoms with E-state index in [1.807, 2.05) is 13.8 Å². The molecule has 0 amide bonds. The average molecular weight is 177 g/mol. The van der Waals surface area contributed by atoms with Crippen molar-refractivity contribution >= 4 is 0 Å². The highest BCUT2D eigenvalue weighted by molar-refractivity contribution is 5.01. The minimum absolute atomic E-state index is 0.00843. The number of nitrogens with two attached hydrogens (primary N) is 1. The molecule has 1 aliphatic rings. The van der Waals surface area contributed by atoms with Crippen LogP contribution in [0.4, 0.5) is 8.78 Å². The van der Waals surface area contributed by atoms with E-state index in [0.29, 0.717) is 12.5 Å². The van der Waals surface area contributed by atoms with Crippen molar-refractivity contribution < 1.29 is 8.78 Å². The van der Waals surface area contributed by atoms with Gasteiger partial charge < -0.3 is 5.73 Å². The molecule has 72 valence electrons. The molecule has 1 nitrogen and oxygen atoms in total. The van der Waals surface area contributed by atoms with Crippen molar-refractivity contribution in [1.82, 2.24) is 0 Å². The summed E-state index contributed by atoms with van der Waals surface area (Å²) in [6.07, 6.45) is 0.921. The van der Waals surface area contributed by atoms with Crippen LogP contribution in [0.5, 0.6) is 0 Å². The second-order valence-electron chi connectivity index (χ2n) is 4.09. The van der Waals surface area contributed by atoms with Crippen molar-refractivity contribution in [2.45, 2.75) is 39.0 Å². The second kappa shape index (κ2) is 2.95. The number of rotatable bonds is 3. The zero-order valence-electron chi connectivity index (χ0n) is 7.74. The third kappa shape index (κ3) is 1.47. The Kier molecular flexibility index (Phi) is 2.43. The topological polar surface area (TPSA) is 26.0 Å². The monoisotopic (exact) mass is 177 g/mol. The normalized spacial score (nSPS) is 27.8. The fourth-order valence-corrected chi connectivity index (χ4v) is 2.11. The van der Waals surface area contributed by atoms with Gasteiger partial charge in [0.25, 0.3) is 0 Å². The second-order valence-corrected chi connectivity index (χ2v) is 4.09. The zero-order valence-corrected chi connectivity index (χ0v) is 7.74. The Morgan fingerprint density at radius 1 is 1.42 bits per heavy atom. The van der Waals surface area contributed by atoms with Gasteiger partial charge in [0.1, 0.15) is 0 Å². The molecule has 0 bridgehead atoms. The van der Waals surface area contributed by atoms with Crippen LogP contribution >= 0.6 is 0 Å². The fraction of sp³-hybridized carbons (Fsp3) is 1.00. The molecule has 0 heterocycles. The van der Waals surface area contributed by atoms with Crippen LogP contribution in [0.2, 0.25) is 0 Å². The molecule has 0 aromatic heterocycles. The van der Waals surface area contributed by atoms with Crippen LogP contribution in [0, 0.1) is 11.3 Å². The molecule has 3 heteroatoms. The van der Waals surface area contributed by atoms with Crippen LogP contribution < -0.4 is 5.73 Å². The molecule has 1 aliphatic carbocycles. The van der Waals surface area contributed by atoms with E-state index in [1.165, 1.54) is 0 Å². The Bertz CT molecular complexity index is 160. The van der Waals surface area contributed by atoms with E-state index in [-0.39, 0.29) is 18.3 Å². The fourth-order valence-electron chi connectivity index (χ4n) is 2.11. The SMILES string of the molecule is CCC(C)C1(CN)CC(F)(F)C1. The Morgan fingerprint density at radius 3 is 2.17 bits per heavy atom. The highest BCUT2D eigenvalue weighted by atomic mass is 19.3. The van der Waals surface area contributed by atoms with E-state index in [2.05, 4.69) is 0 Å². The molecule has 0 aliphatic heterocycles. The molecule has 0 spiro atoms. The van der Waals surface area contributed by atoms with Crippen LogP contribution in [0.25, 0.3) is 0 Å². The summed E-state index contributed by atoms with van der Waals surface area (Å²) < 4.78 is 25.3. The summed E-state index contributed by atoms with van der Waals surface area (Å²) in [6, 6.07) is 0. The molecule has 1 saturated carbocycles. The minimum Gasteiger partial charge on any atom is -0.330 e. The molecular formula is C9H17F2N. The molecule has 1 atom stereocenters. The first-order valence-electron chi connectivity index (χ1n) is 4.54. The summed E-state index contributed by atoms with van der Waals surface area (Å²) in [6.45, 7) is 4.44. The van der Waals surface area contributed by atoms with E-state index in [1.54, 1.807) is 0 Å². The number of halogens is 2. The Labute approximate surface area is 72.3 Å². The van der Waals surface area contributed by atoms with E-state index >= 15 is 0 Å². The number of alkyl halides is 2. The Hall–Kier alpha value is -0.180. The van der Waals surface area contributed by atoms with E-state index < -0.39 is 5.92 Å². The van der Waals surface area contributed by atoms with Gasteiger partial charge in [0.2, 0.25) is 5.92 Å². The van der Waals surface area contributed by atoms with Gasteiger partial charge in [-0.05, 0) is 17.9 Å². The highest BCUT2D eigenvalue weighted by Gasteiger charge is 2.57. The summed E-state index contributed by atoms with van der Waals surface area (Å²) >= 11 is 0. The number of hydrogen-bond acceptors (Lipinski definition) is 1. The Morgan fingerprint density at radius 2 is 1.92 bits per heavy atom. The van der Waals surface area contributed by atoms with Gasteiger partial charge in [0.15, 0.2) is 0 Å². The molecular weight excluding hydrogens is 160 g/mol. The van der Waals surface area contributed by atoms with Gasteiger partial charge in [-0.25, -0.2) is 8.78 Å². The molecule has 1 fully saturated rings. The first-order chi connectivity index (χ1) is 5.46. The van der Waals surface area contributed by atoms with Gasteiger partial charge in [0.05, 0.1) is 0 Å².